The van der Waals surface area contributed by atoms with Crippen molar-refractivity contribution in [2.24, 2.45) is 0 Å². The van der Waals surface area contributed by atoms with Gasteiger partial charge in [-0.2, -0.15) is 25.3 Å². The highest BCUT2D eigenvalue weighted by Crippen LogP contribution is 2.44. The standard InChI is InChI=1S/C16H11NO9S3/c17-11-3-1-7-14(29(24,25)26)6-10-12(27(18,19)20)4-2-8-13(28(21,22)23)5-9(11)15(7)16(8)10/h1-6H,17H2,(H,18,19,20)(H,21,22,23)(H,24,25,26). The van der Waals surface area contributed by atoms with Gasteiger partial charge in [0.15, 0.2) is 0 Å². The molecule has 0 bridgehead atoms. The Kier molecular flexibility index (Phi) is 3.91. The molecule has 0 saturated heterocycles. The lowest BCUT2D eigenvalue weighted by molar-refractivity contribution is 0.481. The third-order valence-electron chi connectivity index (χ3n) is 4.65. The molecule has 0 amide bonds. The third kappa shape index (κ3) is 2.90. The van der Waals surface area contributed by atoms with Crippen LogP contribution in [0.15, 0.2) is 51.1 Å². The number of nitrogens with two attached hydrogens (primary N) is 1. The Morgan fingerprint density at radius 3 is 1.45 bits per heavy atom. The van der Waals surface area contributed by atoms with Crippen molar-refractivity contribution in [2.45, 2.75) is 14.7 Å². The predicted octanol–water partition coefficient (Wildman–Crippen LogP) is 1.91. The van der Waals surface area contributed by atoms with Crippen LogP contribution in [0.1, 0.15) is 0 Å². The fourth-order valence-corrected chi connectivity index (χ4v) is 5.66. The van der Waals surface area contributed by atoms with Crippen molar-refractivity contribution in [1.82, 2.24) is 0 Å². The van der Waals surface area contributed by atoms with Gasteiger partial charge in [-0.05, 0) is 24.3 Å². The number of hydrogen-bond acceptors (Lipinski definition) is 7. The van der Waals surface area contributed by atoms with Crippen LogP contribution < -0.4 is 5.73 Å². The van der Waals surface area contributed by atoms with Crippen LogP contribution in [0.4, 0.5) is 5.69 Å². The van der Waals surface area contributed by atoms with E-state index >= 15 is 0 Å². The van der Waals surface area contributed by atoms with E-state index in [0.717, 1.165) is 24.3 Å². The average Bonchev–Trinajstić information content (AvgIpc) is 2.57. The second kappa shape index (κ2) is 5.75. The molecule has 152 valence electrons. The van der Waals surface area contributed by atoms with Crippen molar-refractivity contribution in [2.75, 3.05) is 5.73 Å². The zero-order chi connectivity index (χ0) is 21.5. The average molecular weight is 457 g/mol. The van der Waals surface area contributed by atoms with Crippen molar-refractivity contribution in [3.63, 3.8) is 0 Å². The highest BCUT2D eigenvalue weighted by atomic mass is 32.2. The van der Waals surface area contributed by atoms with Gasteiger partial charge in [-0.25, -0.2) is 0 Å². The summed E-state index contributed by atoms with van der Waals surface area (Å²) < 4.78 is 100. The van der Waals surface area contributed by atoms with Gasteiger partial charge in [0, 0.05) is 38.0 Å². The van der Waals surface area contributed by atoms with Gasteiger partial charge in [0.1, 0.15) is 14.7 Å². The molecular weight excluding hydrogens is 446 g/mol. The molecule has 13 heteroatoms. The maximum absolute atomic E-state index is 11.9. The maximum Gasteiger partial charge on any atom is 0.295 e. The van der Waals surface area contributed by atoms with Crippen LogP contribution in [0.2, 0.25) is 0 Å². The van der Waals surface area contributed by atoms with Crippen LogP contribution in [0.3, 0.4) is 0 Å². The van der Waals surface area contributed by atoms with Crippen molar-refractivity contribution >= 4 is 68.4 Å². The lowest BCUT2D eigenvalue weighted by Gasteiger charge is -2.18. The van der Waals surface area contributed by atoms with Gasteiger partial charge in [0.05, 0.1) is 0 Å². The van der Waals surface area contributed by atoms with Gasteiger partial charge in [-0.1, -0.05) is 12.1 Å². The van der Waals surface area contributed by atoms with E-state index in [4.69, 9.17) is 5.73 Å². The van der Waals surface area contributed by atoms with Gasteiger partial charge in [-0.15, -0.1) is 0 Å². The number of anilines is 1. The molecule has 4 aromatic carbocycles. The van der Waals surface area contributed by atoms with E-state index < -0.39 is 45.0 Å². The second-order valence-corrected chi connectivity index (χ2v) is 10.5. The Balaban J connectivity index is 2.51. The van der Waals surface area contributed by atoms with Gasteiger partial charge < -0.3 is 5.73 Å². The third-order valence-corrected chi connectivity index (χ3v) is 7.35. The zero-order valence-electron chi connectivity index (χ0n) is 14.1. The Morgan fingerprint density at radius 2 is 0.966 bits per heavy atom. The van der Waals surface area contributed by atoms with Gasteiger partial charge in [0.2, 0.25) is 0 Å². The van der Waals surface area contributed by atoms with E-state index in [1.807, 2.05) is 0 Å². The Bertz CT molecular complexity index is 1670. The zero-order valence-corrected chi connectivity index (χ0v) is 16.5. The molecule has 0 aromatic heterocycles. The van der Waals surface area contributed by atoms with Gasteiger partial charge in [0.25, 0.3) is 30.4 Å². The molecule has 0 saturated carbocycles. The lowest BCUT2D eigenvalue weighted by Crippen LogP contribution is -2.06. The molecule has 4 aromatic rings. The lowest BCUT2D eigenvalue weighted by atomic mass is 9.93. The highest BCUT2D eigenvalue weighted by Gasteiger charge is 2.27. The van der Waals surface area contributed by atoms with Crippen LogP contribution in [0, 0.1) is 0 Å². The molecule has 5 N–H and O–H groups in total. The Hall–Kier alpha value is -2.55. The highest BCUT2D eigenvalue weighted by molar-refractivity contribution is 7.86. The monoisotopic (exact) mass is 457 g/mol. The molecule has 10 nitrogen and oxygen atoms in total. The molecular formula is C16H11NO9S3. The smallest absolute Gasteiger partial charge is 0.295 e. The van der Waals surface area contributed by atoms with E-state index in [1.165, 1.54) is 12.1 Å². The molecule has 4 rings (SSSR count). The number of rotatable bonds is 3. The maximum atomic E-state index is 11.9. The topological polar surface area (TPSA) is 189 Å². The molecule has 29 heavy (non-hydrogen) atoms. The SMILES string of the molecule is Nc1ccc2c(S(=O)(=O)O)cc3c(S(=O)(=O)O)ccc4c(S(=O)(=O)O)cc1c2c43. The minimum absolute atomic E-state index is 0.00520. The molecule has 0 aliphatic heterocycles. The molecule has 0 fully saturated rings. The van der Waals surface area contributed by atoms with Gasteiger partial charge >= 0.3 is 0 Å². The summed E-state index contributed by atoms with van der Waals surface area (Å²) in [7, 11) is -14.5. The van der Waals surface area contributed by atoms with Gasteiger partial charge in [-0.3, -0.25) is 13.7 Å². The largest absolute Gasteiger partial charge is 0.398 e. The van der Waals surface area contributed by atoms with E-state index in [9.17, 15) is 38.9 Å². The predicted molar refractivity (Wildman–Crippen MR) is 104 cm³/mol. The minimum Gasteiger partial charge on any atom is -0.398 e. The van der Waals surface area contributed by atoms with Crippen LogP contribution in [0.5, 0.6) is 0 Å². The molecule has 0 atom stereocenters. The summed E-state index contributed by atoms with van der Waals surface area (Å²) in [6.07, 6.45) is 0. The second-order valence-electron chi connectivity index (χ2n) is 6.33. The van der Waals surface area contributed by atoms with Crippen molar-refractivity contribution < 1.29 is 38.9 Å². The van der Waals surface area contributed by atoms with Crippen molar-refractivity contribution in [3.05, 3.63) is 36.4 Å². The normalized spacial score (nSPS) is 13.6. The summed E-state index contributed by atoms with van der Waals surface area (Å²) in [5.41, 5.74) is 5.91. The number of benzene rings is 4. The Morgan fingerprint density at radius 1 is 0.552 bits per heavy atom. The summed E-state index contributed by atoms with van der Waals surface area (Å²) >= 11 is 0. The van der Waals surface area contributed by atoms with E-state index in [2.05, 4.69) is 0 Å². The summed E-state index contributed by atoms with van der Waals surface area (Å²) in [5.74, 6) is 0. The number of hydrogen-bond donors (Lipinski definition) is 4. The summed E-state index contributed by atoms with van der Waals surface area (Å²) in [6.45, 7) is 0. The molecule has 0 radical (unpaired) electrons. The minimum atomic E-state index is -4.87. The first-order chi connectivity index (χ1) is 13.2. The summed E-state index contributed by atoms with van der Waals surface area (Å²) in [4.78, 5) is -1.96. The first-order valence-corrected chi connectivity index (χ1v) is 12.0. The molecule has 0 unspecified atom stereocenters. The van der Waals surface area contributed by atoms with Crippen LogP contribution in [-0.4, -0.2) is 38.9 Å². The Labute approximate surface area is 164 Å². The molecule has 0 aliphatic rings. The molecule has 0 heterocycles. The van der Waals surface area contributed by atoms with Crippen LogP contribution >= 0.6 is 0 Å². The summed E-state index contributed by atoms with van der Waals surface area (Å²) in [5, 5.41) is -0.566. The fraction of sp³-hybridized carbons (Fsp3) is 0. The first kappa shape index (κ1) is 19.8. The van der Waals surface area contributed by atoms with Crippen LogP contribution in [0.25, 0.3) is 32.3 Å². The summed E-state index contributed by atoms with van der Waals surface area (Å²) in [6, 6.07) is 6.30. The quantitative estimate of drug-likeness (QED) is 0.201. The molecule has 0 aliphatic carbocycles. The van der Waals surface area contributed by atoms with E-state index in [0.29, 0.717) is 0 Å². The fourth-order valence-electron chi connectivity index (χ4n) is 3.55. The van der Waals surface area contributed by atoms with Crippen molar-refractivity contribution in [3.8, 4) is 0 Å². The van der Waals surface area contributed by atoms with E-state index in [1.54, 1.807) is 0 Å². The van der Waals surface area contributed by atoms with Crippen LogP contribution in [-0.2, 0) is 30.4 Å². The number of nitrogen functional groups attached to an aromatic ring is 1. The van der Waals surface area contributed by atoms with Crippen molar-refractivity contribution in [1.29, 1.82) is 0 Å². The first-order valence-electron chi connectivity index (χ1n) is 7.67. The van der Waals surface area contributed by atoms with E-state index in [-0.39, 0.29) is 38.0 Å². The molecule has 0 spiro atoms.